The number of rotatable bonds is 4. The van der Waals surface area contributed by atoms with Crippen LogP contribution in [0.1, 0.15) is 18.4 Å². The predicted molar refractivity (Wildman–Crippen MR) is 83.8 cm³/mol. The monoisotopic (exact) mass is 337 g/mol. The minimum absolute atomic E-state index is 0.220. The van der Waals surface area contributed by atoms with Crippen LogP contribution in [0.25, 0.3) is 0 Å². The normalized spacial score (nSPS) is 16.4. The summed E-state index contributed by atoms with van der Waals surface area (Å²) in [5, 5.41) is 17.9. The molecule has 1 fully saturated rings. The van der Waals surface area contributed by atoms with Gasteiger partial charge in [0.05, 0.1) is 23.9 Å². The summed E-state index contributed by atoms with van der Waals surface area (Å²) in [6, 6.07) is 8.46. The van der Waals surface area contributed by atoms with Crippen LogP contribution in [-0.4, -0.2) is 49.3 Å². The third kappa shape index (κ3) is 3.51. The molecule has 1 N–H and O–H groups in total. The summed E-state index contributed by atoms with van der Waals surface area (Å²) in [7, 11) is 2.08. The second-order valence-electron chi connectivity index (χ2n) is 5.20. The van der Waals surface area contributed by atoms with Gasteiger partial charge in [0.25, 0.3) is 0 Å². The first-order chi connectivity index (χ1) is 9.65. The van der Waals surface area contributed by atoms with Crippen molar-refractivity contribution in [3.63, 3.8) is 0 Å². The van der Waals surface area contributed by atoms with E-state index in [9.17, 15) is 0 Å². The Morgan fingerprint density at radius 1 is 1.45 bits per heavy atom. The third-order valence-electron chi connectivity index (χ3n) is 3.96. The van der Waals surface area contributed by atoms with Crippen molar-refractivity contribution in [1.29, 1.82) is 5.26 Å². The minimum atomic E-state index is 0.220. The molecule has 0 spiro atoms. The summed E-state index contributed by atoms with van der Waals surface area (Å²) in [5.74, 6) is 0. The highest BCUT2D eigenvalue weighted by Crippen LogP contribution is 2.30. The van der Waals surface area contributed by atoms with Crippen molar-refractivity contribution >= 4 is 21.6 Å². The van der Waals surface area contributed by atoms with Crippen LogP contribution in [-0.2, 0) is 0 Å². The van der Waals surface area contributed by atoms with Crippen molar-refractivity contribution in [2.45, 2.75) is 18.9 Å². The molecule has 2 rings (SSSR count). The average Bonchev–Trinajstić information content (AvgIpc) is 2.47. The lowest BCUT2D eigenvalue weighted by atomic mass is 10.0. The largest absolute Gasteiger partial charge is 0.395 e. The molecule has 1 saturated heterocycles. The Bertz CT molecular complexity index is 492. The van der Waals surface area contributed by atoms with Gasteiger partial charge in [0, 0.05) is 30.1 Å². The summed E-state index contributed by atoms with van der Waals surface area (Å²) in [6.07, 6.45) is 2.20. The molecule has 0 amide bonds. The van der Waals surface area contributed by atoms with E-state index < -0.39 is 0 Å². The van der Waals surface area contributed by atoms with Crippen molar-refractivity contribution in [3.8, 4) is 6.07 Å². The Balaban J connectivity index is 1.99. The van der Waals surface area contributed by atoms with Crippen LogP contribution in [0, 0.1) is 11.3 Å². The fraction of sp³-hybridized carbons (Fsp3) is 0.533. The zero-order valence-corrected chi connectivity index (χ0v) is 13.3. The van der Waals surface area contributed by atoms with Crippen molar-refractivity contribution in [3.05, 3.63) is 28.2 Å². The zero-order valence-electron chi connectivity index (χ0n) is 11.7. The van der Waals surface area contributed by atoms with Crippen LogP contribution in [0.5, 0.6) is 0 Å². The number of hydrogen-bond acceptors (Lipinski definition) is 4. The first-order valence-corrected chi connectivity index (χ1v) is 7.70. The molecule has 4 nitrogen and oxygen atoms in total. The van der Waals surface area contributed by atoms with Crippen LogP contribution < -0.4 is 4.90 Å². The van der Waals surface area contributed by atoms with Gasteiger partial charge in [-0.2, -0.15) is 5.26 Å². The quantitative estimate of drug-likeness (QED) is 0.915. The van der Waals surface area contributed by atoms with Gasteiger partial charge in [-0.1, -0.05) is 0 Å². The molecular formula is C15H20BrN3O. The number of piperidine rings is 1. The standard InChI is InChI=1S/C15H20BrN3O/c1-18(8-9-20)13-4-6-19(7-5-13)15-3-2-12(11-17)10-14(15)16/h2-3,10,13,20H,4-9H2,1H3. The van der Waals surface area contributed by atoms with Gasteiger partial charge in [-0.3, -0.25) is 0 Å². The van der Waals surface area contributed by atoms with Crippen LogP contribution in [0.3, 0.4) is 0 Å². The van der Waals surface area contributed by atoms with Gasteiger partial charge in [0.15, 0.2) is 0 Å². The van der Waals surface area contributed by atoms with Crippen molar-refractivity contribution in [2.24, 2.45) is 0 Å². The number of halogens is 1. The van der Waals surface area contributed by atoms with E-state index in [1.165, 1.54) is 0 Å². The molecule has 0 aliphatic carbocycles. The number of aliphatic hydroxyl groups excluding tert-OH is 1. The first kappa shape index (κ1) is 15.3. The molecule has 1 aromatic carbocycles. The van der Waals surface area contributed by atoms with E-state index >= 15 is 0 Å². The van der Waals surface area contributed by atoms with Crippen LogP contribution in [0.2, 0.25) is 0 Å². The molecule has 108 valence electrons. The average molecular weight is 338 g/mol. The molecule has 1 heterocycles. The summed E-state index contributed by atoms with van der Waals surface area (Å²) in [5.41, 5.74) is 1.84. The number of anilines is 1. The van der Waals surface area contributed by atoms with E-state index in [2.05, 4.69) is 38.8 Å². The van der Waals surface area contributed by atoms with Crippen LogP contribution in [0.15, 0.2) is 22.7 Å². The molecule has 20 heavy (non-hydrogen) atoms. The van der Waals surface area contributed by atoms with Gasteiger partial charge in [-0.05, 0) is 54.0 Å². The van der Waals surface area contributed by atoms with Gasteiger partial charge in [0.1, 0.15) is 0 Å². The summed E-state index contributed by atoms with van der Waals surface area (Å²) < 4.78 is 0.985. The highest BCUT2D eigenvalue weighted by molar-refractivity contribution is 9.10. The molecule has 5 heteroatoms. The first-order valence-electron chi connectivity index (χ1n) is 6.91. The van der Waals surface area contributed by atoms with Crippen LogP contribution >= 0.6 is 15.9 Å². The second-order valence-corrected chi connectivity index (χ2v) is 6.05. The van der Waals surface area contributed by atoms with E-state index in [-0.39, 0.29) is 6.61 Å². The van der Waals surface area contributed by atoms with Crippen molar-refractivity contribution < 1.29 is 5.11 Å². The Kier molecular flexibility index (Phi) is 5.41. The summed E-state index contributed by atoms with van der Waals surface area (Å²) >= 11 is 3.56. The molecule has 0 saturated carbocycles. The third-order valence-corrected chi connectivity index (χ3v) is 4.59. The van der Waals surface area contributed by atoms with E-state index in [1.54, 1.807) is 0 Å². The predicted octanol–water partition coefficient (Wildman–Crippen LogP) is 2.21. The summed E-state index contributed by atoms with van der Waals surface area (Å²) in [4.78, 5) is 4.60. The molecular weight excluding hydrogens is 318 g/mol. The molecule has 0 bridgehead atoms. The van der Waals surface area contributed by atoms with E-state index in [1.807, 2.05) is 18.2 Å². The minimum Gasteiger partial charge on any atom is -0.395 e. The molecule has 0 radical (unpaired) electrons. The molecule has 1 aromatic rings. The number of hydrogen-bond donors (Lipinski definition) is 1. The fourth-order valence-corrected chi connectivity index (χ4v) is 3.35. The lowest BCUT2D eigenvalue weighted by Crippen LogP contribution is -2.44. The van der Waals surface area contributed by atoms with Crippen molar-refractivity contribution in [1.82, 2.24) is 4.90 Å². The number of benzene rings is 1. The SMILES string of the molecule is CN(CCO)C1CCN(c2ccc(C#N)cc2Br)CC1. The number of likely N-dealkylation sites (N-methyl/N-ethyl adjacent to an activating group) is 1. The van der Waals surface area contributed by atoms with Gasteiger partial charge < -0.3 is 14.9 Å². The lowest BCUT2D eigenvalue weighted by Gasteiger charge is -2.38. The molecule has 1 aliphatic heterocycles. The highest BCUT2D eigenvalue weighted by atomic mass is 79.9. The maximum absolute atomic E-state index is 9.00. The van der Waals surface area contributed by atoms with E-state index in [4.69, 9.17) is 10.4 Å². The van der Waals surface area contributed by atoms with E-state index in [0.29, 0.717) is 11.6 Å². The van der Waals surface area contributed by atoms with Gasteiger partial charge in [0.2, 0.25) is 0 Å². The second kappa shape index (κ2) is 7.07. The Hall–Kier alpha value is -1.09. The smallest absolute Gasteiger partial charge is 0.0992 e. The Morgan fingerprint density at radius 3 is 2.70 bits per heavy atom. The molecule has 0 aromatic heterocycles. The van der Waals surface area contributed by atoms with Gasteiger partial charge >= 0.3 is 0 Å². The molecule has 1 aliphatic rings. The summed E-state index contributed by atoms with van der Waals surface area (Å²) in [6.45, 7) is 2.97. The van der Waals surface area contributed by atoms with E-state index in [0.717, 1.165) is 42.6 Å². The van der Waals surface area contributed by atoms with Crippen LogP contribution in [0.4, 0.5) is 5.69 Å². The van der Waals surface area contributed by atoms with Gasteiger partial charge in [-0.15, -0.1) is 0 Å². The highest BCUT2D eigenvalue weighted by Gasteiger charge is 2.23. The zero-order chi connectivity index (χ0) is 14.5. The Labute approximate surface area is 128 Å². The molecule has 0 atom stereocenters. The number of nitrogens with zero attached hydrogens (tertiary/aromatic N) is 3. The maximum atomic E-state index is 9.00. The topological polar surface area (TPSA) is 50.5 Å². The van der Waals surface area contributed by atoms with Gasteiger partial charge in [-0.25, -0.2) is 0 Å². The molecule has 0 unspecified atom stereocenters. The number of aliphatic hydroxyl groups is 1. The number of nitriles is 1. The maximum Gasteiger partial charge on any atom is 0.0992 e. The Morgan fingerprint density at radius 2 is 2.15 bits per heavy atom. The fourth-order valence-electron chi connectivity index (χ4n) is 2.72. The lowest BCUT2D eigenvalue weighted by molar-refractivity contribution is 0.162. The van der Waals surface area contributed by atoms with Crippen molar-refractivity contribution in [2.75, 3.05) is 38.2 Å².